The molecule has 0 aromatic carbocycles. The Kier molecular flexibility index (Phi) is 5.15. The normalized spacial score (nSPS) is 12.4. The molecule has 1 heterocycles. The molecule has 102 valence electrons. The number of nitrogens with one attached hydrogen (secondary N) is 1. The summed E-state index contributed by atoms with van der Waals surface area (Å²) in [7, 11) is 1.62. The Balaban J connectivity index is 2.61. The van der Waals surface area contributed by atoms with E-state index in [1.54, 1.807) is 11.8 Å². The molecule has 1 rings (SSSR count). The van der Waals surface area contributed by atoms with Crippen molar-refractivity contribution >= 4 is 11.6 Å². The molecule has 0 saturated carbocycles. The zero-order valence-corrected chi connectivity index (χ0v) is 11.5. The van der Waals surface area contributed by atoms with Crippen molar-refractivity contribution in [1.29, 1.82) is 0 Å². The lowest BCUT2D eigenvalue weighted by atomic mass is 10.2. The van der Waals surface area contributed by atoms with E-state index in [0.29, 0.717) is 12.3 Å². The van der Waals surface area contributed by atoms with E-state index in [-0.39, 0.29) is 18.5 Å². The Labute approximate surface area is 107 Å². The van der Waals surface area contributed by atoms with Crippen LogP contribution < -0.4 is 11.1 Å². The third kappa shape index (κ3) is 3.46. The number of hydrogen-bond acceptors (Lipinski definition) is 4. The average Bonchev–Trinajstić information content (AvgIpc) is 2.56. The van der Waals surface area contributed by atoms with E-state index < -0.39 is 0 Å². The Bertz CT molecular complexity index is 414. The minimum absolute atomic E-state index is 0.0387. The highest BCUT2D eigenvalue weighted by Crippen LogP contribution is 2.14. The minimum Gasteiger partial charge on any atom is -0.396 e. The number of hydrogen-bond donors (Lipinski definition) is 2. The van der Waals surface area contributed by atoms with Crippen LogP contribution in [0.3, 0.4) is 0 Å². The molecule has 6 heteroatoms. The van der Waals surface area contributed by atoms with Crippen molar-refractivity contribution in [2.75, 3.05) is 19.5 Å². The number of aromatic nitrogens is 2. The first-order valence-corrected chi connectivity index (χ1v) is 6.07. The standard InChI is InChI=1S/C12H22N4O2/c1-5-10(7-18-4)14-11(17)6-16-9(3)12(13)8(2)15-16/h10H,5-7,13H2,1-4H3,(H,14,17). The number of rotatable bonds is 6. The molecule has 1 aromatic rings. The van der Waals surface area contributed by atoms with Gasteiger partial charge in [-0.2, -0.15) is 5.10 Å². The Morgan fingerprint density at radius 3 is 2.67 bits per heavy atom. The summed E-state index contributed by atoms with van der Waals surface area (Å²) >= 11 is 0. The lowest BCUT2D eigenvalue weighted by Crippen LogP contribution is -2.39. The fraction of sp³-hybridized carbons (Fsp3) is 0.667. The Morgan fingerprint density at radius 1 is 1.56 bits per heavy atom. The molecule has 0 aliphatic rings. The van der Waals surface area contributed by atoms with Gasteiger partial charge in [0.15, 0.2) is 0 Å². The van der Waals surface area contributed by atoms with Crippen molar-refractivity contribution in [1.82, 2.24) is 15.1 Å². The first kappa shape index (κ1) is 14.5. The van der Waals surface area contributed by atoms with Gasteiger partial charge in [0.2, 0.25) is 5.91 Å². The molecule has 0 bridgehead atoms. The SMILES string of the molecule is CCC(COC)NC(=O)Cn1nc(C)c(N)c1C. The lowest BCUT2D eigenvalue weighted by Gasteiger charge is -2.16. The van der Waals surface area contributed by atoms with E-state index in [2.05, 4.69) is 10.4 Å². The highest BCUT2D eigenvalue weighted by atomic mass is 16.5. The molecule has 1 amide bonds. The number of nitrogens with zero attached hydrogens (tertiary/aromatic N) is 2. The molecule has 0 saturated heterocycles. The summed E-state index contributed by atoms with van der Waals surface area (Å²) in [5, 5.41) is 7.13. The van der Waals surface area contributed by atoms with Gasteiger partial charge in [0.05, 0.1) is 29.7 Å². The van der Waals surface area contributed by atoms with Gasteiger partial charge in [-0.05, 0) is 20.3 Å². The van der Waals surface area contributed by atoms with Gasteiger partial charge in [0.25, 0.3) is 0 Å². The third-order valence-corrected chi connectivity index (χ3v) is 2.96. The van der Waals surface area contributed by atoms with Crippen molar-refractivity contribution in [3.63, 3.8) is 0 Å². The maximum atomic E-state index is 11.9. The van der Waals surface area contributed by atoms with Gasteiger partial charge in [-0.15, -0.1) is 0 Å². The molecule has 1 aromatic heterocycles. The van der Waals surface area contributed by atoms with E-state index in [4.69, 9.17) is 10.5 Å². The van der Waals surface area contributed by atoms with E-state index in [1.807, 2.05) is 20.8 Å². The second-order valence-electron chi connectivity index (χ2n) is 4.37. The van der Waals surface area contributed by atoms with Crippen molar-refractivity contribution in [2.24, 2.45) is 0 Å². The number of ether oxygens (including phenoxy) is 1. The second-order valence-corrected chi connectivity index (χ2v) is 4.37. The Hall–Kier alpha value is -1.56. The quantitative estimate of drug-likeness (QED) is 0.780. The summed E-state index contributed by atoms with van der Waals surface area (Å²) in [6.45, 7) is 6.39. The highest BCUT2D eigenvalue weighted by molar-refractivity contribution is 5.76. The summed E-state index contributed by atoms with van der Waals surface area (Å²) in [5.74, 6) is -0.0792. The van der Waals surface area contributed by atoms with E-state index in [1.165, 1.54) is 0 Å². The maximum absolute atomic E-state index is 11.9. The zero-order valence-electron chi connectivity index (χ0n) is 11.5. The number of methoxy groups -OCH3 is 1. The molecule has 6 nitrogen and oxygen atoms in total. The van der Waals surface area contributed by atoms with Crippen LogP contribution >= 0.6 is 0 Å². The zero-order chi connectivity index (χ0) is 13.7. The van der Waals surface area contributed by atoms with Gasteiger partial charge in [-0.1, -0.05) is 6.92 Å². The van der Waals surface area contributed by atoms with E-state index in [9.17, 15) is 4.79 Å². The summed E-state index contributed by atoms with van der Waals surface area (Å²) in [5.41, 5.74) is 8.04. The molecule has 0 aliphatic heterocycles. The van der Waals surface area contributed by atoms with Gasteiger partial charge in [0, 0.05) is 7.11 Å². The predicted molar refractivity (Wildman–Crippen MR) is 70.2 cm³/mol. The van der Waals surface area contributed by atoms with Crippen molar-refractivity contribution in [2.45, 2.75) is 39.8 Å². The van der Waals surface area contributed by atoms with E-state index >= 15 is 0 Å². The van der Waals surface area contributed by atoms with Crippen LogP contribution in [0.15, 0.2) is 0 Å². The van der Waals surface area contributed by atoms with Gasteiger partial charge < -0.3 is 15.8 Å². The molecule has 0 spiro atoms. The van der Waals surface area contributed by atoms with Gasteiger partial charge in [-0.3, -0.25) is 9.48 Å². The van der Waals surface area contributed by atoms with Crippen LogP contribution in [0.4, 0.5) is 5.69 Å². The average molecular weight is 254 g/mol. The van der Waals surface area contributed by atoms with Crippen LogP contribution in [0.25, 0.3) is 0 Å². The number of amides is 1. The monoisotopic (exact) mass is 254 g/mol. The molecule has 1 atom stereocenters. The van der Waals surface area contributed by atoms with Gasteiger partial charge >= 0.3 is 0 Å². The smallest absolute Gasteiger partial charge is 0.242 e. The van der Waals surface area contributed by atoms with Crippen molar-refractivity contribution in [3.8, 4) is 0 Å². The summed E-state index contributed by atoms with van der Waals surface area (Å²) in [6.07, 6.45) is 0.832. The fourth-order valence-electron chi connectivity index (χ4n) is 1.74. The number of anilines is 1. The number of aryl methyl sites for hydroxylation is 1. The Morgan fingerprint density at radius 2 is 2.22 bits per heavy atom. The maximum Gasteiger partial charge on any atom is 0.242 e. The molecule has 0 radical (unpaired) electrons. The van der Waals surface area contributed by atoms with Crippen LogP contribution in [0, 0.1) is 13.8 Å². The van der Waals surface area contributed by atoms with E-state index in [0.717, 1.165) is 17.8 Å². The fourth-order valence-corrected chi connectivity index (χ4v) is 1.74. The molecule has 18 heavy (non-hydrogen) atoms. The third-order valence-electron chi connectivity index (χ3n) is 2.96. The van der Waals surface area contributed by atoms with Crippen LogP contribution in [0.1, 0.15) is 24.7 Å². The second kappa shape index (κ2) is 6.39. The van der Waals surface area contributed by atoms with Crippen LogP contribution in [-0.2, 0) is 16.1 Å². The summed E-state index contributed by atoms with van der Waals surface area (Å²) < 4.78 is 6.66. The highest BCUT2D eigenvalue weighted by Gasteiger charge is 2.14. The summed E-state index contributed by atoms with van der Waals surface area (Å²) in [6, 6.07) is 0.0387. The largest absolute Gasteiger partial charge is 0.396 e. The number of nitrogens with two attached hydrogens (primary N) is 1. The molecular weight excluding hydrogens is 232 g/mol. The molecular formula is C12H22N4O2. The van der Waals surface area contributed by atoms with Gasteiger partial charge in [-0.25, -0.2) is 0 Å². The number of nitrogen functional groups attached to an aromatic ring is 1. The van der Waals surface area contributed by atoms with Crippen LogP contribution in [0.2, 0.25) is 0 Å². The lowest BCUT2D eigenvalue weighted by molar-refractivity contribution is -0.123. The first-order valence-electron chi connectivity index (χ1n) is 6.07. The minimum atomic E-state index is -0.0792. The predicted octanol–water partition coefficient (Wildman–Crippen LogP) is 0.623. The topological polar surface area (TPSA) is 82.2 Å². The molecule has 1 unspecified atom stereocenters. The van der Waals surface area contributed by atoms with Gasteiger partial charge in [0.1, 0.15) is 6.54 Å². The van der Waals surface area contributed by atoms with Crippen LogP contribution in [-0.4, -0.2) is 35.4 Å². The molecule has 0 fully saturated rings. The van der Waals surface area contributed by atoms with Crippen molar-refractivity contribution in [3.05, 3.63) is 11.4 Å². The molecule has 3 N–H and O–H groups in total. The van der Waals surface area contributed by atoms with Crippen molar-refractivity contribution < 1.29 is 9.53 Å². The summed E-state index contributed by atoms with van der Waals surface area (Å²) in [4.78, 5) is 11.9. The number of carbonyl (C=O) groups is 1. The molecule has 0 aliphatic carbocycles. The first-order chi connectivity index (χ1) is 8.49. The van der Waals surface area contributed by atoms with Crippen LogP contribution in [0.5, 0.6) is 0 Å². The number of carbonyl (C=O) groups excluding carboxylic acids is 1.